The summed E-state index contributed by atoms with van der Waals surface area (Å²) in [4.78, 5) is 2.05. The smallest absolute Gasteiger partial charge is 0.381 e. The van der Waals surface area contributed by atoms with E-state index in [1.165, 1.54) is 12.1 Å². The molecule has 1 aromatic carbocycles. The molecular weight excluding hydrogens is 281 g/mol. The van der Waals surface area contributed by atoms with Gasteiger partial charge in [0.15, 0.2) is 0 Å². The van der Waals surface area contributed by atoms with E-state index in [0.29, 0.717) is 5.69 Å². The highest BCUT2D eigenvalue weighted by Gasteiger charge is 2.41. The van der Waals surface area contributed by atoms with Crippen molar-refractivity contribution in [1.82, 2.24) is 0 Å². The van der Waals surface area contributed by atoms with Gasteiger partial charge in [-0.25, -0.2) is 0 Å². The molecule has 0 bridgehead atoms. The van der Waals surface area contributed by atoms with E-state index in [1.807, 2.05) is 0 Å². The van der Waals surface area contributed by atoms with Gasteiger partial charge in [-0.05, 0) is 31.0 Å². The topological polar surface area (TPSA) is 36.3 Å². The van der Waals surface area contributed by atoms with Gasteiger partial charge in [0, 0.05) is 30.8 Å². The molecule has 0 amide bonds. The maximum atomic E-state index is 12.8. The van der Waals surface area contributed by atoms with Crippen LogP contribution in [0.5, 0.6) is 0 Å². The van der Waals surface area contributed by atoms with E-state index < -0.39 is 11.7 Å². The van der Waals surface area contributed by atoms with Crippen molar-refractivity contribution in [3.05, 3.63) is 29.3 Å². The van der Waals surface area contributed by atoms with Crippen LogP contribution in [0, 0.1) is 16.7 Å². The van der Waals surface area contributed by atoms with Crippen molar-refractivity contribution >= 4 is 5.69 Å². The van der Waals surface area contributed by atoms with Gasteiger partial charge in [-0.1, -0.05) is 0 Å². The molecule has 2 saturated heterocycles. The lowest BCUT2D eigenvalue weighted by atomic mass is 9.87. The van der Waals surface area contributed by atoms with Crippen molar-refractivity contribution in [1.29, 1.82) is 5.26 Å². The Morgan fingerprint density at radius 2 is 2.10 bits per heavy atom. The minimum absolute atomic E-state index is 0.134. The van der Waals surface area contributed by atoms with Crippen LogP contribution < -0.4 is 4.90 Å². The second-order valence-electron chi connectivity index (χ2n) is 5.81. The normalized spacial score (nSPS) is 25.5. The lowest BCUT2D eigenvalue weighted by Crippen LogP contribution is -2.27. The van der Waals surface area contributed by atoms with Gasteiger partial charge in [0.1, 0.15) is 0 Å². The molecule has 2 aliphatic rings. The molecule has 1 spiro atoms. The number of halogens is 3. The Bertz CT molecular complexity index is 586. The molecule has 0 saturated carbocycles. The van der Waals surface area contributed by atoms with Crippen LogP contribution in [0.15, 0.2) is 18.2 Å². The van der Waals surface area contributed by atoms with Crippen molar-refractivity contribution in [3.8, 4) is 6.07 Å². The standard InChI is InChI=1S/C15H15F3N2O/c16-15(17,18)13-2-1-12(7-11(13)8-19)20-5-3-14(9-20)4-6-21-10-14/h1-2,7H,3-6,9-10H2/t14-/m1/s1. The highest BCUT2D eigenvalue weighted by Crippen LogP contribution is 2.41. The number of hydrogen-bond acceptors (Lipinski definition) is 3. The predicted octanol–water partition coefficient (Wildman–Crippen LogP) is 3.19. The van der Waals surface area contributed by atoms with Crippen molar-refractivity contribution in [2.45, 2.75) is 19.0 Å². The molecular formula is C15H15F3N2O. The second-order valence-corrected chi connectivity index (χ2v) is 5.81. The van der Waals surface area contributed by atoms with Crippen molar-refractivity contribution in [2.75, 3.05) is 31.2 Å². The Kier molecular flexibility index (Phi) is 3.33. The third-order valence-electron chi connectivity index (χ3n) is 4.42. The number of rotatable bonds is 1. The average molecular weight is 296 g/mol. The SMILES string of the molecule is N#Cc1cc(N2CC[C@@]3(CCOC3)C2)ccc1C(F)(F)F. The van der Waals surface area contributed by atoms with Gasteiger partial charge in [-0.3, -0.25) is 0 Å². The number of nitrogens with zero attached hydrogens (tertiary/aromatic N) is 2. The Hall–Kier alpha value is -1.74. The van der Waals surface area contributed by atoms with Crippen LogP contribution in [-0.4, -0.2) is 26.3 Å². The fraction of sp³-hybridized carbons (Fsp3) is 0.533. The van der Waals surface area contributed by atoms with Gasteiger partial charge in [0.25, 0.3) is 0 Å². The molecule has 112 valence electrons. The summed E-state index contributed by atoms with van der Waals surface area (Å²) in [6.07, 6.45) is -2.51. The zero-order valence-electron chi connectivity index (χ0n) is 11.4. The maximum absolute atomic E-state index is 12.8. The van der Waals surface area contributed by atoms with Crippen molar-refractivity contribution in [2.24, 2.45) is 5.41 Å². The number of nitriles is 1. The minimum atomic E-state index is -4.49. The first-order valence-corrected chi connectivity index (χ1v) is 6.88. The molecule has 6 heteroatoms. The van der Waals surface area contributed by atoms with E-state index in [2.05, 4.69) is 4.90 Å². The molecule has 0 aromatic heterocycles. The monoisotopic (exact) mass is 296 g/mol. The Labute approximate surface area is 120 Å². The molecule has 3 nitrogen and oxygen atoms in total. The largest absolute Gasteiger partial charge is 0.417 e. The third-order valence-corrected chi connectivity index (χ3v) is 4.42. The first-order valence-electron chi connectivity index (χ1n) is 6.88. The number of hydrogen-bond donors (Lipinski definition) is 0. The zero-order valence-corrected chi connectivity index (χ0v) is 11.4. The van der Waals surface area contributed by atoms with Gasteiger partial charge in [0.05, 0.1) is 23.8 Å². The molecule has 0 radical (unpaired) electrons. The van der Waals surface area contributed by atoms with Crippen LogP contribution >= 0.6 is 0 Å². The van der Waals surface area contributed by atoms with Gasteiger partial charge in [0.2, 0.25) is 0 Å². The fourth-order valence-corrected chi connectivity index (χ4v) is 3.20. The van der Waals surface area contributed by atoms with Crippen LogP contribution in [0.4, 0.5) is 18.9 Å². The second kappa shape index (κ2) is 4.92. The quantitative estimate of drug-likeness (QED) is 0.798. The lowest BCUT2D eigenvalue weighted by molar-refractivity contribution is -0.137. The number of benzene rings is 1. The van der Waals surface area contributed by atoms with Crippen molar-refractivity contribution < 1.29 is 17.9 Å². The summed E-state index contributed by atoms with van der Waals surface area (Å²) in [6, 6.07) is 5.46. The van der Waals surface area contributed by atoms with Gasteiger partial charge < -0.3 is 9.64 Å². The Balaban J connectivity index is 1.86. The predicted molar refractivity (Wildman–Crippen MR) is 70.9 cm³/mol. The van der Waals surface area contributed by atoms with Crippen LogP contribution in [0.2, 0.25) is 0 Å². The van der Waals surface area contributed by atoms with E-state index in [4.69, 9.17) is 10.00 Å². The third kappa shape index (κ3) is 2.58. The molecule has 2 heterocycles. The first kappa shape index (κ1) is 14.2. The molecule has 2 fully saturated rings. The average Bonchev–Trinajstić information content (AvgIpc) is 3.08. The maximum Gasteiger partial charge on any atom is 0.417 e. The van der Waals surface area contributed by atoms with E-state index >= 15 is 0 Å². The van der Waals surface area contributed by atoms with E-state index in [-0.39, 0.29) is 11.0 Å². The fourth-order valence-electron chi connectivity index (χ4n) is 3.20. The Morgan fingerprint density at radius 1 is 1.29 bits per heavy atom. The summed E-state index contributed by atoms with van der Waals surface area (Å²) < 4.78 is 43.9. The summed E-state index contributed by atoms with van der Waals surface area (Å²) in [5, 5.41) is 8.97. The highest BCUT2D eigenvalue weighted by molar-refractivity contribution is 5.56. The molecule has 3 rings (SSSR count). The molecule has 0 aliphatic carbocycles. The number of anilines is 1. The molecule has 1 atom stereocenters. The lowest BCUT2D eigenvalue weighted by Gasteiger charge is -2.24. The molecule has 0 unspecified atom stereocenters. The van der Waals surface area contributed by atoms with Gasteiger partial charge in [-0.2, -0.15) is 18.4 Å². The van der Waals surface area contributed by atoms with Crippen LogP contribution in [-0.2, 0) is 10.9 Å². The van der Waals surface area contributed by atoms with Crippen LogP contribution in [0.1, 0.15) is 24.0 Å². The molecule has 1 aromatic rings. The highest BCUT2D eigenvalue weighted by atomic mass is 19.4. The molecule has 2 aliphatic heterocycles. The van der Waals surface area contributed by atoms with E-state index in [0.717, 1.165) is 45.2 Å². The first-order chi connectivity index (χ1) is 9.93. The zero-order chi connectivity index (χ0) is 15.1. The van der Waals surface area contributed by atoms with Gasteiger partial charge >= 0.3 is 6.18 Å². The minimum Gasteiger partial charge on any atom is -0.381 e. The summed E-state index contributed by atoms with van der Waals surface area (Å²) in [6.45, 7) is 3.04. The number of ether oxygens (including phenoxy) is 1. The van der Waals surface area contributed by atoms with Crippen LogP contribution in [0.25, 0.3) is 0 Å². The summed E-state index contributed by atoms with van der Waals surface area (Å²) in [5.41, 5.74) is -0.367. The summed E-state index contributed by atoms with van der Waals surface area (Å²) >= 11 is 0. The number of alkyl halides is 3. The summed E-state index contributed by atoms with van der Waals surface area (Å²) in [7, 11) is 0. The summed E-state index contributed by atoms with van der Waals surface area (Å²) in [5.74, 6) is 0. The Morgan fingerprint density at radius 3 is 2.71 bits per heavy atom. The molecule has 21 heavy (non-hydrogen) atoms. The van der Waals surface area contributed by atoms with Gasteiger partial charge in [-0.15, -0.1) is 0 Å². The molecule has 0 N–H and O–H groups in total. The van der Waals surface area contributed by atoms with E-state index in [9.17, 15) is 13.2 Å². The van der Waals surface area contributed by atoms with E-state index in [1.54, 1.807) is 6.07 Å². The van der Waals surface area contributed by atoms with Crippen molar-refractivity contribution in [3.63, 3.8) is 0 Å². The van der Waals surface area contributed by atoms with Crippen LogP contribution in [0.3, 0.4) is 0 Å².